The summed E-state index contributed by atoms with van der Waals surface area (Å²) < 4.78 is 12.5. The van der Waals surface area contributed by atoms with Gasteiger partial charge in [-0.05, 0) is 63.6 Å². The van der Waals surface area contributed by atoms with Gasteiger partial charge in [0.2, 0.25) is 0 Å². The first-order valence-corrected chi connectivity index (χ1v) is 10.2. The van der Waals surface area contributed by atoms with E-state index in [-0.39, 0.29) is 11.7 Å². The zero-order valence-corrected chi connectivity index (χ0v) is 18.1. The van der Waals surface area contributed by atoms with E-state index < -0.39 is 11.0 Å². The topological polar surface area (TPSA) is 84.6 Å². The third kappa shape index (κ3) is 4.76. The molecule has 2 heterocycles. The number of fused-ring (bicyclic) bond motifs is 1. The van der Waals surface area contributed by atoms with Crippen molar-refractivity contribution in [2.24, 2.45) is 5.41 Å². The molecule has 1 aromatic carbocycles. The van der Waals surface area contributed by atoms with Gasteiger partial charge in [-0.3, -0.25) is 4.79 Å². The average molecular weight is 412 g/mol. The molecule has 2 aromatic rings. The molecule has 1 aromatic heterocycles. The lowest BCUT2D eigenvalue weighted by atomic mass is 9.77. The number of hydrogen-bond acceptors (Lipinski definition) is 5. The first-order chi connectivity index (χ1) is 14.2. The molecule has 3 rings (SSSR count). The van der Waals surface area contributed by atoms with Crippen LogP contribution in [0, 0.1) is 16.7 Å². The number of aryl methyl sites for hydroxylation is 1. The van der Waals surface area contributed by atoms with E-state index >= 15 is 0 Å². The minimum atomic E-state index is -0.570. The summed E-state index contributed by atoms with van der Waals surface area (Å²) in [6.45, 7) is 6.90. The van der Waals surface area contributed by atoms with E-state index in [1.807, 2.05) is 39.0 Å². The molecule has 0 atom stereocenters. The van der Waals surface area contributed by atoms with E-state index in [0.717, 1.165) is 10.9 Å². The molecule has 1 saturated heterocycles. The van der Waals surface area contributed by atoms with E-state index in [0.29, 0.717) is 44.6 Å². The number of ether oxygens (including phenoxy) is 2. The Labute approximate surface area is 176 Å². The number of hydrogen-bond donors (Lipinski definition) is 0. The predicted molar refractivity (Wildman–Crippen MR) is 114 cm³/mol. The van der Waals surface area contributed by atoms with Gasteiger partial charge in [-0.25, -0.2) is 4.79 Å². The van der Waals surface area contributed by atoms with E-state index in [1.54, 1.807) is 28.7 Å². The fourth-order valence-corrected chi connectivity index (χ4v) is 3.81. The van der Waals surface area contributed by atoms with Gasteiger partial charge in [0.05, 0.1) is 24.1 Å². The fourth-order valence-electron chi connectivity index (χ4n) is 3.81. The fraction of sp³-hybridized carbons (Fsp3) is 0.522. The number of likely N-dealkylation sites (tertiary alicyclic amines) is 1. The third-order valence-electron chi connectivity index (χ3n) is 5.62. The maximum atomic E-state index is 12.5. The van der Waals surface area contributed by atoms with Gasteiger partial charge >= 0.3 is 6.09 Å². The van der Waals surface area contributed by atoms with Crippen molar-refractivity contribution >= 4 is 17.0 Å². The van der Waals surface area contributed by atoms with Gasteiger partial charge in [0.25, 0.3) is 5.56 Å². The molecule has 0 aliphatic carbocycles. The molecule has 7 heteroatoms. The first-order valence-electron chi connectivity index (χ1n) is 10.2. The van der Waals surface area contributed by atoms with Crippen LogP contribution in [0.15, 0.2) is 35.1 Å². The minimum absolute atomic E-state index is 0.102. The highest BCUT2D eigenvalue weighted by Gasteiger charge is 2.37. The van der Waals surface area contributed by atoms with Crippen LogP contribution >= 0.6 is 0 Å². The number of nitriles is 1. The molecule has 1 fully saturated rings. The zero-order chi connectivity index (χ0) is 21.9. The number of amides is 1. The molecule has 0 spiro atoms. The Hall–Kier alpha value is -3.01. The SMILES string of the molecule is COc1ccc2ccc(=O)n(CCC3(C#N)CCN(C(=O)OC(C)(C)C)CC3)c2c1. The summed E-state index contributed by atoms with van der Waals surface area (Å²) >= 11 is 0. The van der Waals surface area contributed by atoms with E-state index in [1.165, 1.54) is 0 Å². The molecule has 160 valence electrons. The monoisotopic (exact) mass is 411 g/mol. The molecule has 1 aliphatic rings. The molecule has 0 radical (unpaired) electrons. The molecule has 7 nitrogen and oxygen atoms in total. The van der Waals surface area contributed by atoms with E-state index in [2.05, 4.69) is 6.07 Å². The van der Waals surface area contributed by atoms with E-state index in [4.69, 9.17) is 9.47 Å². The Bertz CT molecular complexity index is 1020. The molecule has 0 saturated carbocycles. The second-order valence-electron chi connectivity index (χ2n) is 8.86. The smallest absolute Gasteiger partial charge is 0.410 e. The van der Waals surface area contributed by atoms with Gasteiger partial charge < -0.3 is 18.9 Å². The number of nitrogens with zero attached hydrogens (tertiary/aromatic N) is 3. The normalized spacial score (nSPS) is 16.2. The largest absolute Gasteiger partial charge is 0.497 e. The summed E-state index contributed by atoms with van der Waals surface area (Å²) in [7, 11) is 1.59. The number of pyridine rings is 1. The molecule has 1 amide bonds. The summed E-state index contributed by atoms with van der Waals surface area (Å²) in [4.78, 5) is 26.5. The van der Waals surface area contributed by atoms with Crippen LogP contribution < -0.4 is 10.3 Å². The first kappa shape index (κ1) is 21.7. The Balaban J connectivity index is 1.74. The maximum absolute atomic E-state index is 12.5. The van der Waals surface area contributed by atoms with Crippen LogP contribution in [0.4, 0.5) is 4.79 Å². The quantitative estimate of drug-likeness (QED) is 0.761. The number of rotatable bonds is 4. The van der Waals surface area contributed by atoms with Crippen molar-refractivity contribution in [1.82, 2.24) is 9.47 Å². The van der Waals surface area contributed by atoms with Crippen LogP contribution in [-0.4, -0.2) is 41.4 Å². The van der Waals surface area contributed by atoms with Crippen molar-refractivity contribution in [2.75, 3.05) is 20.2 Å². The highest BCUT2D eigenvalue weighted by molar-refractivity contribution is 5.80. The Morgan fingerprint density at radius 2 is 1.87 bits per heavy atom. The van der Waals surface area contributed by atoms with Crippen molar-refractivity contribution in [3.05, 3.63) is 40.7 Å². The second kappa shape index (κ2) is 8.39. The molecular formula is C23H29N3O4. The Kier molecular flexibility index (Phi) is 6.06. The van der Waals surface area contributed by atoms with Gasteiger partial charge in [-0.1, -0.05) is 0 Å². The van der Waals surface area contributed by atoms with Crippen molar-refractivity contribution < 1.29 is 14.3 Å². The van der Waals surface area contributed by atoms with Gasteiger partial charge in [0.1, 0.15) is 11.4 Å². The Morgan fingerprint density at radius 1 is 1.20 bits per heavy atom. The van der Waals surface area contributed by atoms with Crippen molar-refractivity contribution in [1.29, 1.82) is 5.26 Å². The van der Waals surface area contributed by atoms with Gasteiger partial charge in [0.15, 0.2) is 0 Å². The lowest BCUT2D eigenvalue weighted by Gasteiger charge is -2.38. The standard InChI is InChI=1S/C23H29N3O4/c1-22(2,3)30-21(28)25-12-9-23(16-24,10-13-25)11-14-26-19-15-18(29-4)7-5-17(19)6-8-20(26)27/h5-8,15H,9-14H2,1-4H3. The summed E-state index contributed by atoms with van der Waals surface area (Å²) in [5.41, 5.74) is -0.424. The third-order valence-corrected chi connectivity index (χ3v) is 5.62. The number of piperidine rings is 1. The summed E-state index contributed by atoms with van der Waals surface area (Å²) in [6, 6.07) is 11.4. The highest BCUT2D eigenvalue weighted by Crippen LogP contribution is 2.35. The van der Waals surface area contributed by atoms with Crippen LogP contribution in [0.25, 0.3) is 10.9 Å². The Morgan fingerprint density at radius 3 is 2.47 bits per heavy atom. The van der Waals surface area contributed by atoms with Crippen LogP contribution in [0.2, 0.25) is 0 Å². The molecular weight excluding hydrogens is 382 g/mol. The summed E-state index contributed by atoms with van der Waals surface area (Å²) in [5, 5.41) is 10.8. The lowest BCUT2D eigenvalue weighted by molar-refractivity contribution is 0.0140. The van der Waals surface area contributed by atoms with Gasteiger partial charge in [0, 0.05) is 31.8 Å². The van der Waals surface area contributed by atoms with E-state index in [9.17, 15) is 14.9 Å². The maximum Gasteiger partial charge on any atom is 0.410 e. The van der Waals surface area contributed by atoms with Gasteiger partial charge in [-0.15, -0.1) is 0 Å². The number of aromatic nitrogens is 1. The minimum Gasteiger partial charge on any atom is -0.497 e. The lowest BCUT2D eigenvalue weighted by Crippen LogP contribution is -2.45. The molecule has 0 unspecified atom stereocenters. The second-order valence-corrected chi connectivity index (χ2v) is 8.86. The van der Waals surface area contributed by atoms with Crippen molar-refractivity contribution in [3.63, 3.8) is 0 Å². The van der Waals surface area contributed by atoms with Crippen LogP contribution in [-0.2, 0) is 11.3 Å². The molecule has 1 aliphatic heterocycles. The van der Waals surface area contributed by atoms with Crippen molar-refractivity contribution in [3.8, 4) is 11.8 Å². The molecule has 0 N–H and O–H groups in total. The summed E-state index contributed by atoms with van der Waals surface area (Å²) in [5.74, 6) is 0.683. The van der Waals surface area contributed by atoms with Crippen LogP contribution in [0.1, 0.15) is 40.0 Å². The number of benzene rings is 1. The average Bonchev–Trinajstić information content (AvgIpc) is 2.71. The number of carbonyl (C=O) groups excluding carboxylic acids is 1. The predicted octanol–water partition coefficient (Wildman–Crippen LogP) is 3.94. The van der Waals surface area contributed by atoms with Gasteiger partial charge in [-0.2, -0.15) is 5.26 Å². The number of methoxy groups -OCH3 is 1. The van der Waals surface area contributed by atoms with Crippen LogP contribution in [0.3, 0.4) is 0 Å². The zero-order valence-electron chi connectivity index (χ0n) is 18.1. The summed E-state index contributed by atoms with van der Waals surface area (Å²) in [6.07, 6.45) is 1.32. The van der Waals surface area contributed by atoms with Crippen molar-refractivity contribution in [2.45, 2.75) is 52.2 Å². The molecule has 30 heavy (non-hydrogen) atoms. The number of carbonyl (C=O) groups is 1. The molecule has 0 bridgehead atoms. The highest BCUT2D eigenvalue weighted by atomic mass is 16.6. The van der Waals surface area contributed by atoms with Crippen LogP contribution in [0.5, 0.6) is 5.75 Å².